The molecule has 20 heavy (non-hydrogen) atoms. The number of carbonyl (C=O) groups excluding carboxylic acids is 1. The molecule has 7 nitrogen and oxygen atoms in total. The van der Waals surface area contributed by atoms with Crippen LogP contribution in [0, 0.1) is 10.1 Å². The van der Waals surface area contributed by atoms with E-state index in [9.17, 15) is 19.7 Å². The number of amides is 1. The minimum absolute atomic E-state index is 0.0386. The predicted octanol–water partition coefficient (Wildman–Crippen LogP) is 2.18. The van der Waals surface area contributed by atoms with Crippen molar-refractivity contribution in [2.45, 2.75) is 19.9 Å². The van der Waals surface area contributed by atoms with Crippen molar-refractivity contribution in [2.75, 3.05) is 6.54 Å². The fourth-order valence-corrected chi connectivity index (χ4v) is 1.78. The topological polar surface area (TPSA) is 101 Å². The van der Waals surface area contributed by atoms with E-state index in [1.807, 2.05) is 0 Å². The van der Waals surface area contributed by atoms with Crippen LogP contribution in [0.4, 0.5) is 5.69 Å². The number of non-ortho nitro benzene ring substituents is 1. The number of carboxylic acid groups (broad SMARTS) is 1. The maximum atomic E-state index is 12.3. The van der Waals surface area contributed by atoms with Crippen molar-refractivity contribution in [1.29, 1.82) is 0 Å². The smallest absolute Gasteiger partial charge is 0.323 e. The van der Waals surface area contributed by atoms with Crippen LogP contribution in [0.1, 0.15) is 24.2 Å². The Labute approximate surface area is 119 Å². The van der Waals surface area contributed by atoms with E-state index in [0.29, 0.717) is 0 Å². The summed E-state index contributed by atoms with van der Waals surface area (Å²) in [5, 5.41) is 19.6. The Balaban J connectivity index is 3.20. The van der Waals surface area contributed by atoms with Gasteiger partial charge in [-0.25, -0.2) is 0 Å². The van der Waals surface area contributed by atoms with Crippen LogP contribution in [0.2, 0.25) is 5.02 Å². The minimum Gasteiger partial charge on any atom is -0.480 e. The summed E-state index contributed by atoms with van der Waals surface area (Å²) >= 11 is 5.86. The molecule has 108 valence electrons. The number of hydrogen-bond donors (Lipinski definition) is 1. The Morgan fingerprint density at radius 1 is 1.45 bits per heavy atom. The number of carbonyl (C=O) groups is 2. The number of rotatable bonds is 5. The quantitative estimate of drug-likeness (QED) is 0.663. The highest BCUT2D eigenvalue weighted by molar-refractivity contribution is 6.34. The highest BCUT2D eigenvalue weighted by Gasteiger charge is 2.24. The minimum atomic E-state index is -1.17. The molecule has 8 heteroatoms. The molecule has 0 aliphatic rings. The molecule has 0 saturated carbocycles. The molecule has 1 aromatic rings. The van der Waals surface area contributed by atoms with Gasteiger partial charge in [0.15, 0.2) is 0 Å². The zero-order chi connectivity index (χ0) is 15.4. The monoisotopic (exact) mass is 300 g/mol. The predicted molar refractivity (Wildman–Crippen MR) is 71.9 cm³/mol. The largest absolute Gasteiger partial charge is 0.480 e. The van der Waals surface area contributed by atoms with E-state index in [0.717, 1.165) is 11.0 Å². The van der Waals surface area contributed by atoms with E-state index in [-0.39, 0.29) is 22.3 Å². The number of nitrogens with zero attached hydrogens (tertiary/aromatic N) is 2. The van der Waals surface area contributed by atoms with Crippen molar-refractivity contribution in [3.8, 4) is 0 Å². The molecule has 1 rings (SSSR count). The zero-order valence-electron chi connectivity index (χ0n) is 10.9. The highest BCUT2D eigenvalue weighted by Crippen LogP contribution is 2.24. The Morgan fingerprint density at radius 3 is 2.50 bits per heavy atom. The van der Waals surface area contributed by atoms with Crippen LogP contribution in [0.25, 0.3) is 0 Å². The number of nitro benzene ring substituents is 1. The molecule has 0 aromatic heterocycles. The first-order chi connectivity index (χ1) is 9.23. The number of benzene rings is 1. The molecular weight excluding hydrogens is 288 g/mol. The van der Waals surface area contributed by atoms with Gasteiger partial charge in [-0.2, -0.15) is 0 Å². The van der Waals surface area contributed by atoms with Crippen molar-refractivity contribution in [2.24, 2.45) is 0 Å². The van der Waals surface area contributed by atoms with Crippen LogP contribution in [0.5, 0.6) is 0 Å². The molecule has 0 spiro atoms. The maximum Gasteiger partial charge on any atom is 0.323 e. The molecule has 0 fully saturated rings. The van der Waals surface area contributed by atoms with Crippen LogP contribution in [-0.2, 0) is 4.79 Å². The lowest BCUT2D eigenvalue weighted by Crippen LogP contribution is -2.40. The Bertz CT molecular complexity index is 559. The van der Waals surface area contributed by atoms with Crippen molar-refractivity contribution in [1.82, 2.24) is 4.90 Å². The van der Waals surface area contributed by atoms with Gasteiger partial charge >= 0.3 is 5.97 Å². The lowest BCUT2D eigenvalue weighted by Gasteiger charge is -2.25. The molecule has 1 aromatic carbocycles. The molecule has 1 N–H and O–H groups in total. The third-order valence-corrected chi connectivity index (χ3v) is 2.91. The molecule has 0 heterocycles. The van der Waals surface area contributed by atoms with Crippen LogP contribution < -0.4 is 0 Å². The summed E-state index contributed by atoms with van der Waals surface area (Å²) in [6, 6.07) is 3.08. The van der Waals surface area contributed by atoms with Gasteiger partial charge in [0.1, 0.15) is 6.54 Å². The van der Waals surface area contributed by atoms with Crippen molar-refractivity contribution in [3.63, 3.8) is 0 Å². The molecule has 0 unspecified atom stereocenters. The van der Waals surface area contributed by atoms with Gasteiger partial charge in [0.05, 0.1) is 15.5 Å². The molecule has 0 bridgehead atoms. The maximum absolute atomic E-state index is 12.3. The first-order valence-corrected chi connectivity index (χ1v) is 6.08. The number of aliphatic carboxylic acids is 1. The van der Waals surface area contributed by atoms with Gasteiger partial charge in [-0.15, -0.1) is 0 Å². The number of carboxylic acids is 1. The molecule has 0 aliphatic heterocycles. The summed E-state index contributed by atoms with van der Waals surface area (Å²) in [6.45, 7) is 2.79. The average molecular weight is 301 g/mol. The number of hydrogen-bond acceptors (Lipinski definition) is 4. The van der Waals surface area contributed by atoms with E-state index in [4.69, 9.17) is 16.7 Å². The summed E-state index contributed by atoms with van der Waals surface area (Å²) in [7, 11) is 0. The summed E-state index contributed by atoms with van der Waals surface area (Å²) in [5.74, 6) is -1.83. The van der Waals surface area contributed by atoms with E-state index in [1.54, 1.807) is 13.8 Å². The van der Waals surface area contributed by atoms with Crippen LogP contribution >= 0.6 is 11.6 Å². The van der Waals surface area contributed by atoms with E-state index in [1.165, 1.54) is 12.1 Å². The van der Waals surface area contributed by atoms with Gasteiger partial charge < -0.3 is 10.0 Å². The molecule has 1 amide bonds. The van der Waals surface area contributed by atoms with Gasteiger partial charge in [-0.05, 0) is 19.9 Å². The molecule has 0 aliphatic carbocycles. The zero-order valence-corrected chi connectivity index (χ0v) is 11.6. The van der Waals surface area contributed by atoms with E-state index >= 15 is 0 Å². The van der Waals surface area contributed by atoms with Crippen molar-refractivity contribution >= 4 is 29.2 Å². The number of halogens is 1. The fourth-order valence-electron chi connectivity index (χ4n) is 1.58. The van der Waals surface area contributed by atoms with Crippen molar-refractivity contribution < 1.29 is 19.6 Å². The highest BCUT2D eigenvalue weighted by atomic mass is 35.5. The standard InChI is InChI=1S/C12H13ClN2O5/c1-7(2)14(6-11(16)17)12(18)9-5-8(15(19)20)3-4-10(9)13/h3-5,7H,6H2,1-2H3,(H,16,17). The Hall–Kier alpha value is -2.15. The van der Waals surface area contributed by atoms with Crippen molar-refractivity contribution in [3.05, 3.63) is 38.9 Å². The van der Waals surface area contributed by atoms with Crippen LogP contribution in [0.3, 0.4) is 0 Å². The first kappa shape index (κ1) is 15.9. The molecule has 0 atom stereocenters. The second-order valence-corrected chi connectivity index (χ2v) is 4.75. The average Bonchev–Trinajstić information content (AvgIpc) is 2.34. The van der Waals surface area contributed by atoms with Gasteiger partial charge in [-0.3, -0.25) is 19.7 Å². The third-order valence-electron chi connectivity index (χ3n) is 2.58. The Kier molecular flexibility index (Phi) is 5.04. The summed E-state index contributed by atoms with van der Waals surface area (Å²) in [5.41, 5.74) is -0.368. The second kappa shape index (κ2) is 6.33. The van der Waals surface area contributed by atoms with Crippen LogP contribution in [0.15, 0.2) is 18.2 Å². The fraction of sp³-hybridized carbons (Fsp3) is 0.333. The lowest BCUT2D eigenvalue weighted by atomic mass is 10.1. The second-order valence-electron chi connectivity index (χ2n) is 4.34. The third kappa shape index (κ3) is 3.67. The van der Waals surface area contributed by atoms with Gasteiger partial charge in [0, 0.05) is 18.2 Å². The normalized spacial score (nSPS) is 10.4. The summed E-state index contributed by atoms with van der Waals surface area (Å²) < 4.78 is 0. The van der Waals surface area contributed by atoms with Gasteiger partial charge in [0.2, 0.25) is 0 Å². The summed E-state index contributed by atoms with van der Waals surface area (Å²) in [6.07, 6.45) is 0. The molecular formula is C12H13ClN2O5. The van der Waals surface area contributed by atoms with Gasteiger partial charge in [-0.1, -0.05) is 11.6 Å². The SMILES string of the molecule is CC(C)N(CC(=O)O)C(=O)c1cc([N+](=O)[O-])ccc1Cl. The number of nitro groups is 1. The van der Waals surface area contributed by atoms with E-state index in [2.05, 4.69) is 0 Å². The first-order valence-electron chi connectivity index (χ1n) is 5.70. The molecule has 0 saturated heterocycles. The van der Waals surface area contributed by atoms with E-state index < -0.39 is 23.3 Å². The Morgan fingerprint density at radius 2 is 2.05 bits per heavy atom. The van der Waals surface area contributed by atoms with Crippen LogP contribution in [-0.4, -0.2) is 39.4 Å². The summed E-state index contributed by atoms with van der Waals surface area (Å²) in [4.78, 5) is 34.2. The lowest BCUT2D eigenvalue weighted by molar-refractivity contribution is -0.384. The van der Waals surface area contributed by atoms with Gasteiger partial charge in [0.25, 0.3) is 11.6 Å². The molecule has 0 radical (unpaired) electrons.